The molecule has 1 aromatic rings. The van der Waals surface area contributed by atoms with Gasteiger partial charge in [-0.1, -0.05) is 31.0 Å². The zero-order valence-electron chi connectivity index (χ0n) is 17.3. The van der Waals surface area contributed by atoms with Crippen molar-refractivity contribution in [3.05, 3.63) is 53.0 Å². The number of rotatable bonds is 8. The van der Waals surface area contributed by atoms with Crippen molar-refractivity contribution in [1.29, 1.82) is 0 Å². The number of nitrogens with zero attached hydrogens (tertiary/aromatic N) is 3. The highest BCUT2D eigenvalue weighted by molar-refractivity contribution is 6.31. The highest BCUT2D eigenvalue weighted by Gasteiger charge is 2.27. The van der Waals surface area contributed by atoms with Crippen LogP contribution in [0.2, 0.25) is 5.02 Å². The molecule has 1 atom stereocenters. The minimum Gasteiger partial charge on any atom is -0.359 e. The summed E-state index contributed by atoms with van der Waals surface area (Å²) in [5, 5.41) is 4.26. The lowest BCUT2D eigenvalue weighted by molar-refractivity contribution is 0.258. The molecule has 5 nitrogen and oxygen atoms in total. The van der Waals surface area contributed by atoms with Crippen molar-refractivity contribution in [2.24, 2.45) is 21.6 Å². The molecular formula is C23H32ClN5. The van der Waals surface area contributed by atoms with E-state index in [4.69, 9.17) is 17.3 Å². The van der Waals surface area contributed by atoms with Crippen LogP contribution in [-0.2, 0) is 0 Å². The van der Waals surface area contributed by atoms with Crippen LogP contribution in [0.25, 0.3) is 0 Å². The third kappa shape index (κ3) is 5.71. The van der Waals surface area contributed by atoms with Crippen LogP contribution in [0.3, 0.4) is 0 Å². The summed E-state index contributed by atoms with van der Waals surface area (Å²) >= 11 is 6.68. The Hall–Kier alpha value is -2.11. The molecule has 1 heterocycles. The molecule has 0 amide bonds. The van der Waals surface area contributed by atoms with E-state index >= 15 is 0 Å². The first-order chi connectivity index (χ1) is 14.0. The molecule has 1 saturated carbocycles. The van der Waals surface area contributed by atoms with Gasteiger partial charge in [0, 0.05) is 34.7 Å². The lowest BCUT2D eigenvalue weighted by Crippen LogP contribution is -2.28. The molecular weight excluding hydrogens is 382 g/mol. The largest absolute Gasteiger partial charge is 0.359 e. The van der Waals surface area contributed by atoms with E-state index in [1.165, 1.54) is 19.3 Å². The molecule has 0 aromatic heterocycles. The van der Waals surface area contributed by atoms with E-state index in [2.05, 4.69) is 39.6 Å². The molecule has 2 aliphatic rings. The number of anilines is 1. The SMILES string of the molecule is C=N/C(=C\C(C)=NCN)N1CCCCCC1c1cc(NC(=C)C2CC2)ccc1Cl. The molecule has 0 spiro atoms. The summed E-state index contributed by atoms with van der Waals surface area (Å²) in [5.41, 5.74) is 9.67. The third-order valence-electron chi connectivity index (χ3n) is 5.62. The Morgan fingerprint density at radius 3 is 2.79 bits per heavy atom. The van der Waals surface area contributed by atoms with E-state index in [0.717, 1.165) is 59.3 Å². The molecule has 1 unspecified atom stereocenters. The smallest absolute Gasteiger partial charge is 0.130 e. The summed E-state index contributed by atoms with van der Waals surface area (Å²) in [4.78, 5) is 10.9. The monoisotopic (exact) mass is 413 g/mol. The molecule has 1 aliphatic heterocycles. The van der Waals surface area contributed by atoms with Gasteiger partial charge in [0.1, 0.15) is 5.82 Å². The lowest BCUT2D eigenvalue weighted by Gasteiger charge is -2.33. The van der Waals surface area contributed by atoms with Crippen molar-refractivity contribution in [1.82, 2.24) is 4.90 Å². The number of nitrogens with two attached hydrogens (primary N) is 1. The molecule has 0 bridgehead atoms. The van der Waals surface area contributed by atoms with Gasteiger partial charge in [-0.2, -0.15) is 0 Å². The minimum atomic E-state index is 0.142. The second-order valence-corrected chi connectivity index (χ2v) is 8.27. The van der Waals surface area contributed by atoms with Gasteiger partial charge >= 0.3 is 0 Å². The maximum atomic E-state index is 6.68. The summed E-state index contributed by atoms with van der Waals surface area (Å²) in [7, 11) is 0. The van der Waals surface area contributed by atoms with Crippen molar-refractivity contribution in [2.75, 3.05) is 18.5 Å². The number of hydrogen-bond donors (Lipinski definition) is 2. The average Bonchev–Trinajstić information content (AvgIpc) is 3.55. The van der Waals surface area contributed by atoms with Gasteiger partial charge in [-0.25, -0.2) is 4.99 Å². The molecule has 1 saturated heterocycles. The summed E-state index contributed by atoms with van der Waals surface area (Å²) in [6.45, 7) is 11.1. The maximum Gasteiger partial charge on any atom is 0.130 e. The van der Waals surface area contributed by atoms with Crippen LogP contribution in [0.5, 0.6) is 0 Å². The predicted molar refractivity (Wildman–Crippen MR) is 125 cm³/mol. The number of nitrogens with one attached hydrogen (secondary N) is 1. The molecule has 3 N–H and O–H groups in total. The molecule has 0 radical (unpaired) electrons. The fourth-order valence-corrected chi connectivity index (χ4v) is 4.14. The second-order valence-electron chi connectivity index (χ2n) is 7.86. The van der Waals surface area contributed by atoms with E-state index in [1.54, 1.807) is 0 Å². The van der Waals surface area contributed by atoms with Crippen LogP contribution >= 0.6 is 11.6 Å². The summed E-state index contributed by atoms with van der Waals surface area (Å²) < 4.78 is 0. The first kappa shape index (κ1) is 21.6. The topological polar surface area (TPSA) is 66.0 Å². The van der Waals surface area contributed by atoms with Crippen LogP contribution < -0.4 is 11.1 Å². The standard InChI is InChI=1S/C23H32ClN5/c1-16(27-15-25)13-23(26-3)29-12-6-4-5-7-22(29)20-14-19(10-11-21(20)24)28-17(2)18-8-9-18/h10-11,13-14,18,22,28H,2-9,12,15,25H2,1H3/b23-13+,27-16?. The van der Waals surface area contributed by atoms with Gasteiger partial charge in [0.05, 0.1) is 12.7 Å². The Kier molecular flexibility index (Phi) is 7.51. The van der Waals surface area contributed by atoms with Crippen molar-refractivity contribution in [3.63, 3.8) is 0 Å². The van der Waals surface area contributed by atoms with Gasteiger partial charge in [-0.3, -0.25) is 4.99 Å². The van der Waals surface area contributed by atoms with Crippen LogP contribution in [-0.4, -0.2) is 30.5 Å². The van der Waals surface area contributed by atoms with E-state index in [9.17, 15) is 0 Å². The summed E-state index contributed by atoms with van der Waals surface area (Å²) in [5.74, 6) is 1.43. The Balaban J connectivity index is 1.93. The maximum absolute atomic E-state index is 6.68. The summed E-state index contributed by atoms with van der Waals surface area (Å²) in [6.07, 6.45) is 8.91. The highest BCUT2D eigenvalue weighted by Crippen LogP contribution is 2.39. The number of allylic oxidation sites excluding steroid dienone is 2. The molecule has 3 rings (SSSR count). The van der Waals surface area contributed by atoms with Gasteiger partial charge in [0.15, 0.2) is 0 Å². The van der Waals surface area contributed by atoms with Gasteiger partial charge in [-0.05, 0) is 69.0 Å². The number of hydrogen-bond acceptors (Lipinski definition) is 5. The molecule has 1 aromatic carbocycles. The third-order valence-corrected chi connectivity index (χ3v) is 5.96. The fourth-order valence-electron chi connectivity index (χ4n) is 3.90. The predicted octanol–water partition coefficient (Wildman–Crippen LogP) is 5.51. The van der Waals surface area contributed by atoms with Gasteiger partial charge in [-0.15, -0.1) is 0 Å². The average molecular weight is 414 g/mol. The second kappa shape index (κ2) is 10.1. The fraction of sp³-hybridized carbons (Fsp3) is 0.478. The number of aliphatic imine (C=N–C) groups is 2. The number of likely N-dealkylation sites (tertiary alicyclic amines) is 1. The van der Waals surface area contributed by atoms with E-state index in [1.807, 2.05) is 25.1 Å². The van der Waals surface area contributed by atoms with E-state index in [0.29, 0.717) is 5.92 Å². The molecule has 6 heteroatoms. The number of benzene rings is 1. The van der Waals surface area contributed by atoms with Crippen molar-refractivity contribution in [3.8, 4) is 0 Å². The van der Waals surface area contributed by atoms with Crippen molar-refractivity contribution in [2.45, 2.75) is 51.5 Å². The normalized spacial score (nSPS) is 20.9. The van der Waals surface area contributed by atoms with Crippen LogP contribution in [0.1, 0.15) is 57.1 Å². The molecule has 1 aliphatic carbocycles. The Bertz CT molecular complexity index is 809. The Morgan fingerprint density at radius 1 is 1.31 bits per heavy atom. The van der Waals surface area contributed by atoms with E-state index in [-0.39, 0.29) is 12.7 Å². The van der Waals surface area contributed by atoms with Gasteiger partial charge in [0.25, 0.3) is 0 Å². The van der Waals surface area contributed by atoms with Crippen LogP contribution in [0, 0.1) is 5.92 Å². The quantitative estimate of drug-likeness (QED) is 0.552. The van der Waals surface area contributed by atoms with Crippen LogP contribution in [0.4, 0.5) is 5.69 Å². The zero-order valence-corrected chi connectivity index (χ0v) is 18.1. The van der Waals surface area contributed by atoms with Gasteiger partial charge in [0.2, 0.25) is 0 Å². The lowest BCUT2D eigenvalue weighted by atomic mass is 9.99. The summed E-state index contributed by atoms with van der Waals surface area (Å²) in [6, 6.07) is 6.32. The zero-order chi connectivity index (χ0) is 20.8. The molecule has 156 valence electrons. The van der Waals surface area contributed by atoms with Gasteiger partial charge < -0.3 is 16.0 Å². The minimum absolute atomic E-state index is 0.142. The van der Waals surface area contributed by atoms with Crippen molar-refractivity contribution < 1.29 is 0 Å². The molecule has 2 fully saturated rings. The Labute approximate surface area is 179 Å². The highest BCUT2D eigenvalue weighted by atomic mass is 35.5. The van der Waals surface area contributed by atoms with E-state index < -0.39 is 0 Å². The van der Waals surface area contributed by atoms with Crippen LogP contribution in [0.15, 0.2) is 52.4 Å². The Morgan fingerprint density at radius 2 is 2.10 bits per heavy atom. The van der Waals surface area contributed by atoms with Crippen molar-refractivity contribution >= 4 is 29.7 Å². The first-order valence-corrected chi connectivity index (χ1v) is 10.8. The first-order valence-electron chi connectivity index (χ1n) is 10.4. The number of halogens is 1. The molecule has 29 heavy (non-hydrogen) atoms.